The molecule has 1 amide bonds. The Labute approximate surface area is 148 Å². The van der Waals surface area contributed by atoms with Gasteiger partial charge in [-0.2, -0.15) is 0 Å². The van der Waals surface area contributed by atoms with E-state index in [2.05, 4.69) is 15.0 Å². The summed E-state index contributed by atoms with van der Waals surface area (Å²) in [6, 6.07) is 11.9. The number of amides is 1. The molecule has 0 saturated carbocycles. The zero-order valence-corrected chi connectivity index (χ0v) is 14.0. The number of imidazole rings is 1. The number of hydrogen-bond acceptors (Lipinski definition) is 4. The van der Waals surface area contributed by atoms with Gasteiger partial charge in [-0.25, -0.2) is 9.78 Å². The van der Waals surface area contributed by atoms with Crippen LogP contribution in [-0.4, -0.2) is 28.4 Å². The zero-order chi connectivity index (χ0) is 17.8. The Morgan fingerprint density at radius 2 is 1.96 bits per heavy atom. The summed E-state index contributed by atoms with van der Waals surface area (Å²) in [6.07, 6.45) is 4.79. The van der Waals surface area contributed by atoms with Crippen molar-refractivity contribution in [1.29, 1.82) is 0 Å². The van der Waals surface area contributed by atoms with Crippen molar-refractivity contribution in [3.63, 3.8) is 0 Å². The fraction of sp³-hybridized carbons (Fsp3) is 0.0556. The molecule has 6 nitrogen and oxygen atoms in total. The fourth-order valence-electron chi connectivity index (χ4n) is 2.28. The van der Waals surface area contributed by atoms with Crippen LogP contribution >= 0.6 is 11.6 Å². The van der Waals surface area contributed by atoms with Gasteiger partial charge in [0, 0.05) is 18.0 Å². The summed E-state index contributed by atoms with van der Waals surface area (Å²) >= 11 is 6.11. The Kier molecular flexibility index (Phi) is 4.81. The number of nitrogens with one attached hydrogen (secondary N) is 1. The first kappa shape index (κ1) is 16.7. The van der Waals surface area contributed by atoms with Crippen LogP contribution in [0.2, 0.25) is 5.15 Å². The third kappa shape index (κ3) is 3.70. The van der Waals surface area contributed by atoms with Gasteiger partial charge in [-0.3, -0.25) is 9.20 Å². The van der Waals surface area contributed by atoms with E-state index in [1.807, 2.05) is 24.4 Å². The number of fused-ring (bicyclic) bond motifs is 1. The van der Waals surface area contributed by atoms with Gasteiger partial charge in [0.15, 0.2) is 5.15 Å². The maximum Gasteiger partial charge on any atom is 0.337 e. The highest BCUT2D eigenvalue weighted by molar-refractivity contribution is 6.31. The molecule has 0 atom stereocenters. The van der Waals surface area contributed by atoms with Crippen molar-refractivity contribution in [2.45, 2.75) is 0 Å². The molecule has 0 unspecified atom stereocenters. The zero-order valence-electron chi connectivity index (χ0n) is 13.3. The van der Waals surface area contributed by atoms with Crippen molar-refractivity contribution in [2.24, 2.45) is 0 Å². The maximum absolute atomic E-state index is 12.1. The molecule has 3 aromatic rings. The molecular weight excluding hydrogens is 342 g/mol. The number of ether oxygens (including phenoxy) is 1. The summed E-state index contributed by atoms with van der Waals surface area (Å²) in [5, 5.41) is 3.02. The van der Waals surface area contributed by atoms with Crippen molar-refractivity contribution in [2.75, 3.05) is 12.4 Å². The lowest BCUT2D eigenvalue weighted by Gasteiger charge is -2.03. The van der Waals surface area contributed by atoms with Gasteiger partial charge in [-0.15, -0.1) is 0 Å². The number of benzene rings is 1. The van der Waals surface area contributed by atoms with E-state index in [4.69, 9.17) is 11.6 Å². The van der Waals surface area contributed by atoms with E-state index in [-0.39, 0.29) is 5.91 Å². The van der Waals surface area contributed by atoms with Crippen molar-refractivity contribution in [3.8, 4) is 0 Å². The van der Waals surface area contributed by atoms with Crippen molar-refractivity contribution in [1.82, 2.24) is 9.38 Å². The molecule has 0 bridgehead atoms. The molecule has 3 rings (SSSR count). The number of aromatic nitrogens is 2. The molecule has 25 heavy (non-hydrogen) atoms. The second-order valence-electron chi connectivity index (χ2n) is 5.11. The lowest BCUT2D eigenvalue weighted by atomic mass is 10.2. The van der Waals surface area contributed by atoms with Crippen molar-refractivity contribution >= 4 is 40.9 Å². The van der Waals surface area contributed by atoms with Crippen LogP contribution in [0.15, 0.2) is 54.7 Å². The van der Waals surface area contributed by atoms with Gasteiger partial charge in [-0.05, 0) is 42.5 Å². The number of methoxy groups -OCH3 is 1. The van der Waals surface area contributed by atoms with Gasteiger partial charge in [0.1, 0.15) is 5.65 Å². The molecule has 2 aromatic heterocycles. The molecule has 0 fully saturated rings. The number of carbonyl (C=O) groups excluding carboxylic acids is 2. The first-order valence-corrected chi connectivity index (χ1v) is 7.76. The molecule has 1 aromatic carbocycles. The second kappa shape index (κ2) is 7.19. The number of esters is 1. The monoisotopic (exact) mass is 355 g/mol. The normalized spacial score (nSPS) is 11.0. The molecule has 0 aliphatic heterocycles. The fourth-order valence-corrected chi connectivity index (χ4v) is 2.52. The van der Waals surface area contributed by atoms with Crippen molar-refractivity contribution in [3.05, 3.63) is 71.1 Å². The molecule has 0 aliphatic carbocycles. The standard InChI is InChI=1S/C18H14ClN3O3/c1-25-18(24)12-5-7-13(8-6-12)20-16(23)10-9-14-17(19)21-15-4-2-3-11-22(14)15/h2-11H,1H3,(H,20,23). The molecule has 2 heterocycles. The van der Waals surface area contributed by atoms with Crippen LogP contribution in [0, 0.1) is 0 Å². The number of carbonyl (C=O) groups is 2. The number of anilines is 1. The van der Waals surface area contributed by atoms with Gasteiger partial charge in [0.05, 0.1) is 18.4 Å². The molecule has 0 spiro atoms. The number of halogens is 1. The van der Waals surface area contributed by atoms with E-state index in [1.54, 1.807) is 34.7 Å². The van der Waals surface area contributed by atoms with E-state index in [0.29, 0.717) is 27.7 Å². The second-order valence-corrected chi connectivity index (χ2v) is 5.47. The smallest absolute Gasteiger partial charge is 0.337 e. The highest BCUT2D eigenvalue weighted by Gasteiger charge is 2.08. The molecule has 1 N–H and O–H groups in total. The Hall–Kier alpha value is -3.12. The average Bonchev–Trinajstić information content (AvgIpc) is 2.95. The van der Waals surface area contributed by atoms with E-state index in [1.165, 1.54) is 13.2 Å². The average molecular weight is 356 g/mol. The van der Waals surface area contributed by atoms with E-state index >= 15 is 0 Å². The Bertz CT molecular complexity index is 961. The third-order valence-electron chi connectivity index (χ3n) is 3.49. The third-order valence-corrected chi connectivity index (χ3v) is 3.77. The minimum Gasteiger partial charge on any atom is -0.465 e. The van der Waals surface area contributed by atoms with Gasteiger partial charge in [-0.1, -0.05) is 17.7 Å². The molecule has 0 aliphatic rings. The van der Waals surface area contributed by atoms with Crippen LogP contribution in [0.5, 0.6) is 0 Å². The van der Waals surface area contributed by atoms with Crippen LogP contribution in [0.25, 0.3) is 11.7 Å². The van der Waals surface area contributed by atoms with Crippen LogP contribution < -0.4 is 5.32 Å². The predicted octanol–water partition coefficient (Wildman–Crippen LogP) is 3.43. The van der Waals surface area contributed by atoms with Crippen LogP contribution in [0.3, 0.4) is 0 Å². The Morgan fingerprint density at radius 1 is 1.20 bits per heavy atom. The molecule has 0 saturated heterocycles. The number of nitrogens with zero attached hydrogens (tertiary/aromatic N) is 2. The Balaban J connectivity index is 1.72. The predicted molar refractivity (Wildman–Crippen MR) is 95.6 cm³/mol. The number of pyridine rings is 1. The van der Waals surface area contributed by atoms with Crippen LogP contribution in [0.1, 0.15) is 16.1 Å². The molecule has 7 heteroatoms. The highest BCUT2D eigenvalue weighted by atomic mass is 35.5. The van der Waals surface area contributed by atoms with E-state index in [0.717, 1.165) is 0 Å². The maximum atomic E-state index is 12.1. The Morgan fingerprint density at radius 3 is 2.68 bits per heavy atom. The van der Waals surface area contributed by atoms with Crippen LogP contribution in [-0.2, 0) is 9.53 Å². The number of hydrogen-bond donors (Lipinski definition) is 1. The lowest BCUT2D eigenvalue weighted by Crippen LogP contribution is -2.08. The highest BCUT2D eigenvalue weighted by Crippen LogP contribution is 2.19. The summed E-state index contributed by atoms with van der Waals surface area (Å²) in [6.45, 7) is 0. The largest absolute Gasteiger partial charge is 0.465 e. The van der Waals surface area contributed by atoms with E-state index in [9.17, 15) is 9.59 Å². The first-order valence-electron chi connectivity index (χ1n) is 7.38. The minimum absolute atomic E-state index is 0.317. The molecular formula is C18H14ClN3O3. The molecule has 0 radical (unpaired) electrons. The van der Waals surface area contributed by atoms with Crippen LogP contribution in [0.4, 0.5) is 5.69 Å². The van der Waals surface area contributed by atoms with Gasteiger partial charge in [0.2, 0.25) is 5.91 Å². The SMILES string of the molecule is COC(=O)c1ccc(NC(=O)C=Cc2c(Cl)nc3ccccn23)cc1. The summed E-state index contributed by atoms with van der Waals surface area (Å²) < 4.78 is 6.41. The number of rotatable bonds is 4. The summed E-state index contributed by atoms with van der Waals surface area (Å²) in [5.74, 6) is -0.757. The minimum atomic E-state index is -0.431. The summed E-state index contributed by atoms with van der Waals surface area (Å²) in [4.78, 5) is 27.7. The van der Waals surface area contributed by atoms with Gasteiger partial charge in [0.25, 0.3) is 0 Å². The lowest BCUT2D eigenvalue weighted by molar-refractivity contribution is -0.111. The topological polar surface area (TPSA) is 72.7 Å². The summed E-state index contributed by atoms with van der Waals surface area (Å²) in [5.41, 5.74) is 2.29. The van der Waals surface area contributed by atoms with E-state index < -0.39 is 5.97 Å². The van der Waals surface area contributed by atoms with Gasteiger partial charge < -0.3 is 10.1 Å². The molecule has 126 valence electrons. The summed E-state index contributed by atoms with van der Waals surface area (Å²) in [7, 11) is 1.31. The quantitative estimate of drug-likeness (QED) is 0.575. The first-order chi connectivity index (χ1) is 12.1. The van der Waals surface area contributed by atoms with Gasteiger partial charge >= 0.3 is 5.97 Å². The van der Waals surface area contributed by atoms with Crippen molar-refractivity contribution < 1.29 is 14.3 Å².